The summed E-state index contributed by atoms with van der Waals surface area (Å²) in [7, 11) is 6.24. The van der Waals surface area contributed by atoms with E-state index in [1.54, 1.807) is 52.7 Å². The van der Waals surface area contributed by atoms with Gasteiger partial charge < -0.3 is 38.1 Å². The van der Waals surface area contributed by atoms with Crippen LogP contribution in [-0.2, 0) is 0 Å². The van der Waals surface area contributed by atoms with Crippen molar-refractivity contribution in [3.8, 4) is 46.0 Å². The number of methoxy groups -OCH3 is 4. The Morgan fingerprint density at radius 2 is 1.55 bits per heavy atom. The normalized spacial score (nSPS) is 15.4. The van der Waals surface area contributed by atoms with Gasteiger partial charge in [-0.15, -0.1) is 0 Å². The smallest absolute Gasteiger partial charge is 0.256 e. The summed E-state index contributed by atoms with van der Waals surface area (Å²) in [5.41, 5.74) is 1.13. The van der Waals surface area contributed by atoms with Crippen LogP contribution in [0.4, 0.5) is 5.69 Å². The van der Waals surface area contributed by atoms with Crippen molar-refractivity contribution in [2.24, 2.45) is 4.99 Å². The molecular weight excluding hydrogens is 655 g/mol. The summed E-state index contributed by atoms with van der Waals surface area (Å²) in [6.07, 6.45) is 4.40. The number of carbonyl (C=O) groups excluding carboxylic acids is 1. The Kier molecular flexibility index (Phi) is 9.45. The molecule has 2 aliphatic rings. The Morgan fingerprint density at radius 3 is 2.26 bits per heavy atom. The zero-order valence-corrected chi connectivity index (χ0v) is 26.1. The number of ether oxygens (including phenoxy) is 7. The average Bonchev–Trinajstić information content (AvgIpc) is 3.44. The first-order valence-electron chi connectivity index (χ1n) is 13.6. The van der Waals surface area contributed by atoms with E-state index < -0.39 is 0 Å². The third-order valence-corrected chi connectivity index (χ3v) is 7.93. The maximum Gasteiger partial charge on any atom is 0.256 e. The molecule has 2 aliphatic heterocycles. The van der Waals surface area contributed by atoms with E-state index in [9.17, 15) is 4.79 Å². The summed E-state index contributed by atoms with van der Waals surface area (Å²) in [6, 6.07) is 12.7. The lowest BCUT2D eigenvalue weighted by Gasteiger charge is -2.20. The molecule has 0 radical (unpaired) electrons. The number of fused-ring (bicyclic) bond motifs is 2. The number of amides is 1. The van der Waals surface area contributed by atoms with Gasteiger partial charge in [0.15, 0.2) is 23.0 Å². The number of hydrogen-bond acceptors (Lipinski definition) is 9. The van der Waals surface area contributed by atoms with E-state index in [-0.39, 0.29) is 11.9 Å². The summed E-state index contributed by atoms with van der Waals surface area (Å²) in [4.78, 5) is 19.5. The van der Waals surface area contributed by atoms with Gasteiger partial charge in [-0.25, -0.2) is 0 Å². The predicted molar refractivity (Wildman–Crippen MR) is 166 cm³/mol. The molecule has 1 saturated heterocycles. The van der Waals surface area contributed by atoms with E-state index in [0.717, 1.165) is 23.0 Å². The number of benzene rings is 3. The number of hydrogen-bond donors (Lipinski definition) is 0. The van der Waals surface area contributed by atoms with Crippen molar-refractivity contribution in [1.29, 1.82) is 0 Å². The van der Waals surface area contributed by atoms with E-state index in [1.165, 1.54) is 0 Å². The standard InChI is InChI=1S/C31H33IN2O8/c1-36-26-16-22-24(33-18-19-7-5-10-34(19)31(22)35)17-27(26)41-12-6-11-40-20-8-9-23(32)25(13-20)42-21-14-28(37-2)30(39-4)29(15-21)38-3/h8-9,13-19H,5-7,10-12H2,1-4H3/t19-/m0/s1. The molecule has 1 atom stereocenters. The van der Waals surface area contributed by atoms with Gasteiger partial charge in [0.25, 0.3) is 5.91 Å². The van der Waals surface area contributed by atoms with Crippen LogP contribution in [0, 0.1) is 3.57 Å². The predicted octanol–water partition coefficient (Wildman–Crippen LogP) is 6.29. The minimum absolute atomic E-state index is 0.0191. The Hall–Kier alpha value is -3.87. The second-order valence-corrected chi connectivity index (χ2v) is 10.8. The lowest BCUT2D eigenvalue weighted by molar-refractivity contribution is 0.0774. The van der Waals surface area contributed by atoms with Gasteiger partial charge in [0.1, 0.15) is 17.2 Å². The van der Waals surface area contributed by atoms with E-state index in [1.807, 2.05) is 29.3 Å². The van der Waals surface area contributed by atoms with Crippen molar-refractivity contribution in [2.45, 2.75) is 25.3 Å². The lowest BCUT2D eigenvalue weighted by Crippen LogP contribution is -2.35. The molecule has 0 spiro atoms. The highest BCUT2D eigenvalue weighted by molar-refractivity contribution is 14.1. The molecule has 11 heteroatoms. The maximum absolute atomic E-state index is 13.1. The van der Waals surface area contributed by atoms with E-state index in [2.05, 4.69) is 27.6 Å². The Labute approximate surface area is 258 Å². The lowest BCUT2D eigenvalue weighted by atomic mass is 10.1. The second-order valence-electron chi connectivity index (χ2n) is 9.61. The Morgan fingerprint density at radius 1 is 0.833 bits per heavy atom. The van der Waals surface area contributed by atoms with Crippen molar-refractivity contribution >= 4 is 40.4 Å². The maximum atomic E-state index is 13.1. The first-order chi connectivity index (χ1) is 20.4. The van der Waals surface area contributed by atoms with Crippen LogP contribution in [0.1, 0.15) is 29.6 Å². The van der Waals surface area contributed by atoms with Gasteiger partial charge in [0.05, 0.1) is 62.5 Å². The monoisotopic (exact) mass is 688 g/mol. The van der Waals surface area contributed by atoms with Gasteiger partial charge in [0.2, 0.25) is 5.75 Å². The molecule has 3 aromatic carbocycles. The number of carbonyl (C=O) groups is 1. The third kappa shape index (κ3) is 6.30. The first-order valence-corrected chi connectivity index (χ1v) is 14.6. The van der Waals surface area contributed by atoms with Crippen molar-refractivity contribution in [1.82, 2.24) is 4.90 Å². The van der Waals surface area contributed by atoms with Crippen molar-refractivity contribution in [3.63, 3.8) is 0 Å². The molecule has 0 saturated carbocycles. The highest BCUT2D eigenvalue weighted by Gasteiger charge is 2.32. The van der Waals surface area contributed by atoms with E-state index in [4.69, 9.17) is 33.2 Å². The molecule has 2 heterocycles. The largest absolute Gasteiger partial charge is 0.493 e. The van der Waals surface area contributed by atoms with Crippen LogP contribution in [0.5, 0.6) is 46.0 Å². The van der Waals surface area contributed by atoms with Gasteiger partial charge in [0, 0.05) is 43.4 Å². The zero-order chi connectivity index (χ0) is 29.6. The Bertz CT molecular complexity index is 1450. The molecule has 42 heavy (non-hydrogen) atoms. The second kappa shape index (κ2) is 13.4. The molecule has 0 bridgehead atoms. The van der Waals surface area contributed by atoms with Crippen LogP contribution in [0.2, 0.25) is 0 Å². The molecule has 0 unspecified atom stereocenters. The number of halogens is 1. The van der Waals surface area contributed by atoms with Crippen LogP contribution in [0.3, 0.4) is 0 Å². The minimum atomic E-state index is -0.0191. The van der Waals surface area contributed by atoms with E-state index in [0.29, 0.717) is 76.9 Å². The minimum Gasteiger partial charge on any atom is -0.493 e. The molecule has 10 nitrogen and oxygen atoms in total. The van der Waals surface area contributed by atoms with E-state index >= 15 is 0 Å². The summed E-state index contributed by atoms with van der Waals surface area (Å²) < 4.78 is 40.9. The SMILES string of the molecule is COc1cc2c(cc1OCCCOc1ccc(I)c(Oc3cc(OC)c(OC)c(OC)c3)c1)N=C[C@@H]1CCCN1C2=O. The van der Waals surface area contributed by atoms with Crippen LogP contribution in [0.25, 0.3) is 0 Å². The average molecular weight is 689 g/mol. The highest BCUT2D eigenvalue weighted by atomic mass is 127. The fraction of sp³-hybridized carbons (Fsp3) is 0.355. The summed E-state index contributed by atoms with van der Waals surface area (Å²) in [5.74, 6) is 4.34. The third-order valence-electron chi connectivity index (χ3n) is 7.04. The van der Waals surface area contributed by atoms with Gasteiger partial charge in [-0.2, -0.15) is 0 Å². The van der Waals surface area contributed by atoms with Crippen molar-refractivity contribution in [3.05, 3.63) is 51.6 Å². The number of nitrogens with zero attached hydrogens (tertiary/aromatic N) is 2. The fourth-order valence-electron chi connectivity index (χ4n) is 4.95. The van der Waals surface area contributed by atoms with Gasteiger partial charge >= 0.3 is 0 Å². The molecule has 0 aromatic heterocycles. The van der Waals surface area contributed by atoms with Gasteiger partial charge in [-0.05, 0) is 53.6 Å². The van der Waals surface area contributed by atoms with Crippen molar-refractivity contribution < 1.29 is 38.0 Å². The fourth-order valence-corrected chi connectivity index (χ4v) is 5.39. The van der Waals surface area contributed by atoms with Crippen molar-refractivity contribution in [2.75, 3.05) is 48.2 Å². The molecule has 1 fully saturated rings. The summed E-state index contributed by atoms with van der Waals surface area (Å²) in [5, 5.41) is 0. The molecule has 5 rings (SSSR count). The molecular formula is C31H33IN2O8. The topological polar surface area (TPSA) is 97.3 Å². The molecule has 0 N–H and O–H groups in total. The van der Waals surface area contributed by atoms with Crippen LogP contribution >= 0.6 is 22.6 Å². The van der Waals surface area contributed by atoms with Crippen LogP contribution in [0.15, 0.2) is 47.5 Å². The van der Waals surface area contributed by atoms with Crippen LogP contribution in [-0.4, -0.2) is 71.3 Å². The summed E-state index contributed by atoms with van der Waals surface area (Å²) in [6.45, 7) is 1.56. The molecule has 1 amide bonds. The van der Waals surface area contributed by atoms with Gasteiger partial charge in [-0.3, -0.25) is 9.79 Å². The molecule has 0 aliphatic carbocycles. The zero-order valence-electron chi connectivity index (χ0n) is 24.0. The molecule has 222 valence electrons. The quantitative estimate of drug-likeness (QED) is 0.162. The summed E-state index contributed by atoms with van der Waals surface area (Å²) >= 11 is 2.21. The number of rotatable bonds is 12. The molecule has 3 aromatic rings. The highest BCUT2D eigenvalue weighted by Crippen LogP contribution is 2.43. The number of aliphatic imine (C=N–C) groups is 1. The Balaban J connectivity index is 1.19. The first kappa shape index (κ1) is 29.6. The van der Waals surface area contributed by atoms with Gasteiger partial charge in [-0.1, -0.05) is 0 Å². The van der Waals surface area contributed by atoms with Crippen LogP contribution < -0.4 is 33.2 Å².